The molecule has 0 atom stereocenters. The Hall–Kier alpha value is -3.68. The molecule has 2 aromatic carbocycles. The lowest BCUT2D eigenvalue weighted by molar-refractivity contribution is -0.126. The lowest BCUT2D eigenvalue weighted by Crippen LogP contribution is -2.30. The van der Waals surface area contributed by atoms with Gasteiger partial charge in [0.2, 0.25) is 0 Å². The predicted molar refractivity (Wildman–Crippen MR) is 134 cm³/mol. The normalized spacial score (nSPS) is 11.6. The number of nitrogens with one attached hydrogen (secondary N) is 2. The molecule has 0 bridgehead atoms. The van der Waals surface area contributed by atoms with Gasteiger partial charge in [0.15, 0.2) is 13.2 Å². The van der Waals surface area contributed by atoms with E-state index in [-0.39, 0.29) is 25.0 Å². The average molecular weight is 467 g/mol. The van der Waals surface area contributed by atoms with Crippen LogP contribution >= 0.6 is 0 Å². The minimum Gasteiger partial charge on any atom is -0.385 e. The first kappa shape index (κ1) is 26.6. The number of carbonyl (C=O) groups is 2. The molecule has 0 spiro atoms. The van der Waals surface area contributed by atoms with Crippen LogP contribution in [0.2, 0.25) is 0 Å². The van der Waals surface area contributed by atoms with E-state index in [4.69, 9.17) is 9.68 Å². The van der Waals surface area contributed by atoms with Crippen molar-refractivity contribution >= 4 is 23.2 Å². The molecule has 0 aliphatic rings. The van der Waals surface area contributed by atoms with Crippen molar-refractivity contribution in [3.05, 3.63) is 70.8 Å². The number of hydrogen-bond acceptors (Lipinski definition) is 6. The summed E-state index contributed by atoms with van der Waals surface area (Å²) in [6.45, 7) is 8.41. The largest absolute Gasteiger partial charge is 0.385 e. The molecule has 0 fully saturated rings. The first-order valence-corrected chi connectivity index (χ1v) is 11.4. The molecule has 34 heavy (non-hydrogen) atoms. The molecule has 0 aliphatic heterocycles. The standard InChI is InChI=1S/C26H34N4O4/c1-19-7-11-23(12-8-19)21(3)29-33-17-25(31)27-15-5-6-16-28-26(32)18-34-30-22(4)24-13-9-20(2)10-14-24/h7-14H,5-6,15-18H2,1-4H3,(H,27,31)(H,28,32)/b29-21+,30-22+. The third kappa shape index (κ3) is 10.3. The Morgan fingerprint density at radius 3 is 1.38 bits per heavy atom. The van der Waals surface area contributed by atoms with Gasteiger partial charge in [-0.05, 0) is 51.7 Å². The highest BCUT2D eigenvalue weighted by Gasteiger charge is 2.04. The van der Waals surface area contributed by atoms with E-state index in [1.807, 2.05) is 76.2 Å². The molecule has 2 rings (SSSR count). The molecular weight excluding hydrogens is 432 g/mol. The molecule has 2 aromatic rings. The summed E-state index contributed by atoms with van der Waals surface area (Å²) in [6.07, 6.45) is 1.45. The van der Waals surface area contributed by atoms with Gasteiger partial charge < -0.3 is 20.3 Å². The maximum Gasteiger partial charge on any atom is 0.260 e. The number of nitrogens with zero attached hydrogens (tertiary/aromatic N) is 2. The van der Waals surface area contributed by atoms with E-state index >= 15 is 0 Å². The molecule has 0 aromatic heterocycles. The van der Waals surface area contributed by atoms with Gasteiger partial charge in [0.25, 0.3) is 11.8 Å². The third-order valence-electron chi connectivity index (χ3n) is 4.98. The summed E-state index contributed by atoms with van der Waals surface area (Å²) in [5, 5.41) is 13.5. The molecule has 0 radical (unpaired) electrons. The van der Waals surface area contributed by atoms with Gasteiger partial charge in [-0.1, -0.05) is 70.0 Å². The Morgan fingerprint density at radius 2 is 1.03 bits per heavy atom. The molecule has 2 amide bonds. The van der Waals surface area contributed by atoms with Crippen molar-refractivity contribution < 1.29 is 19.3 Å². The predicted octanol–water partition coefficient (Wildman–Crippen LogP) is 3.50. The molecule has 0 heterocycles. The Labute approximate surface area is 201 Å². The molecule has 0 saturated heterocycles. The second-order valence-electron chi connectivity index (χ2n) is 8.04. The maximum absolute atomic E-state index is 11.8. The zero-order valence-electron chi connectivity index (χ0n) is 20.4. The summed E-state index contributed by atoms with van der Waals surface area (Å²) in [6, 6.07) is 15.8. The van der Waals surface area contributed by atoms with E-state index in [0.29, 0.717) is 24.5 Å². The highest BCUT2D eigenvalue weighted by atomic mass is 16.6. The Kier molecular flexibility index (Phi) is 11.3. The van der Waals surface area contributed by atoms with Crippen LogP contribution in [0, 0.1) is 13.8 Å². The average Bonchev–Trinajstić information content (AvgIpc) is 2.82. The van der Waals surface area contributed by atoms with Gasteiger partial charge in [0.1, 0.15) is 0 Å². The van der Waals surface area contributed by atoms with Gasteiger partial charge in [-0.15, -0.1) is 0 Å². The first-order chi connectivity index (χ1) is 16.3. The van der Waals surface area contributed by atoms with Crippen LogP contribution in [0.4, 0.5) is 0 Å². The summed E-state index contributed by atoms with van der Waals surface area (Å²) in [4.78, 5) is 33.9. The van der Waals surface area contributed by atoms with Gasteiger partial charge in [0.05, 0.1) is 11.4 Å². The summed E-state index contributed by atoms with van der Waals surface area (Å²) in [5.41, 5.74) is 5.66. The third-order valence-corrected chi connectivity index (χ3v) is 4.98. The highest BCUT2D eigenvalue weighted by molar-refractivity contribution is 5.98. The first-order valence-electron chi connectivity index (χ1n) is 11.4. The lowest BCUT2D eigenvalue weighted by atomic mass is 10.1. The number of oxime groups is 2. The number of unbranched alkanes of at least 4 members (excludes halogenated alkanes) is 1. The van der Waals surface area contributed by atoms with Crippen LogP contribution in [0.5, 0.6) is 0 Å². The number of carbonyl (C=O) groups excluding carboxylic acids is 2. The van der Waals surface area contributed by atoms with E-state index in [1.54, 1.807) is 0 Å². The van der Waals surface area contributed by atoms with Gasteiger partial charge in [-0.25, -0.2) is 0 Å². The van der Waals surface area contributed by atoms with Crippen molar-refractivity contribution in [2.45, 2.75) is 40.5 Å². The molecule has 0 saturated carbocycles. The zero-order valence-corrected chi connectivity index (χ0v) is 20.4. The second-order valence-corrected chi connectivity index (χ2v) is 8.04. The molecular formula is C26H34N4O4. The Bertz CT molecular complexity index is 901. The second kappa shape index (κ2) is 14.5. The minimum absolute atomic E-state index is 0.139. The van der Waals surface area contributed by atoms with Crippen LogP contribution in [0.15, 0.2) is 58.8 Å². The van der Waals surface area contributed by atoms with Crippen molar-refractivity contribution in [2.24, 2.45) is 10.3 Å². The van der Waals surface area contributed by atoms with Crippen molar-refractivity contribution in [3.8, 4) is 0 Å². The number of hydrogen-bond donors (Lipinski definition) is 2. The van der Waals surface area contributed by atoms with E-state index in [1.165, 1.54) is 11.1 Å². The Morgan fingerprint density at radius 1 is 0.676 bits per heavy atom. The van der Waals surface area contributed by atoms with E-state index in [2.05, 4.69) is 20.9 Å². The van der Waals surface area contributed by atoms with Crippen LogP contribution in [-0.2, 0) is 19.3 Å². The fourth-order valence-electron chi connectivity index (χ4n) is 2.88. The number of benzene rings is 2. The van der Waals surface area contributed by atoms with Gasteiger partial charge in [-0.2, -0.15) is 0 Å². The van der Waals surface area contributed by atoms with Crippen LogP contribution in [0.3, 0.4) is 0 Å². The van der Waals surface area contributed by atoms with E-state index in [0.717, 1.165) is 24.0 Å². The molecule has 8 heteroatoms. The summed E-state index contributed by atoms with van der Waals surface area (Å²) >= 11 is 0. The SMILES string of the molecule is C/C(=N\OCC(=O)NCCCCNC(=O)CO/N=C(\C)c1ccc(C)cc1)c1ccc(C)cc1. The Balaban J connectivity index is 1.51. The minimum atomic E-state index is -0.236. The fraction of sp³-hybridized carbons (Fsp3) is 0.385. The van der Waals surface area contributed by atoms with Crippen molar-refractivity contribution in [2.75, 3.05) is 26.3 Å². The highest BCUT2D eigenvalue weighted by Crippen LogP contribution is 2.06. The molecule has 182 valence electrons. The number of rotatable bonds is 13. The summed E-state index contributed by atoms with van der Waals surface area (Å²) in [7, 11) is 0. The van der Waals surface area contributed by atoms with Crippen molar-refractivity contribution in [1.82, 2.24) is 10.6 Å². The topological polar surface area (TPSA) is 101 Å². The van der Waals surface area contributed by atoms with Crippen LogP contribution in [0.25, 0.3) is 0 Å². The molecule has 0 aliphatic carbocycles. The van der Waals surface area contributed by atoms with E-state index < -0.39 is 0 Å². The van der Waals surface area contributed by atoms with E-state index in [9.17, 15) is 9.59 Å². The smallest absolute Gasteiger partial charge is 0.260 e. The number of amides is 2. The lowest BCUT2D eigenvalue weighted by Gasteiger charge is -2.07. The maximum atomic E-state index is 11.8. The van der Waals surface area contributed by atoms with Gasteiger partial charge in [-0.3, -0.25) is 9.59 Å². The van der Waals surface area contributed by atoms with Gasteiger partial charge in [0, 0.05) is 13.1 Å². The number of aryl methyl sites for hydroxylation is 2. The van der Waals surface area contributed by atoms with Crippen LogP contribution < -0.4 is 10.6 Å². The fourth-order valence-corrected chi connectivity index (χ4v) is 2.88. The van der Waals surface area contributed by atoms with Gasteiger partial charge >= 0.3 is 0 Å². The quantitative estimate of drug-likeness (QED) is 0.268. The molecule has 2 N–H and O–H groups in total. The van der Waals surface area contributed by atoms with Crippen LogP contribution in [-0.4, -0.2) is 49.5 Å². The zero-order chi connectivity index (χ0) is 24.8. The van der Waals surface area contributed by atoms with Crippen LogP contribution in [0.1, 0.15) is 48.9 Å². The summed E-state index contributed by atoms with van der Waals surface area (Å²) in [5.74, 6) is -0.473. The van der Waals surface area contributed by atoms with Crippen molar-refractivity contribution in [3.63, 3.8) is 0 Å². The molecule has 8 nitrogen and oxygen atoms in total. The van der Waals surface area contributed by atoms with Crippen molar-refractivity contribution in [1.29, 1.82) is 0 Å². The monoisotopic (exact) mass is 466 g/mol. The summed E-state index contributed by atoms with van der Waals surface area (Å²) < 4.78 is 0. The molecule has 0 unspecified atom stereocenters.